The molecule has 0 heterocycles. The fraction of sp³-hybridized carbons (Fsp3) is 0.600. The van der Waals surface area contributed by atoms with E-state index in [-0.39, 0.29) is 30.2 Å². The van der Waals surface area contributed by atoms with Gasteiger partial charge < -0.3 is 10.4 Å². The molecule has 0 radical (unpaired) electrons. The predicted molar refractivity (Wildman–Crippen MR) is 71.2 cm³/mol. The van der Waals surface area contributed by atoms with Gasteiger partial charge in [-0.1, -0.05) is 24.6 Å². The predicted octanol–water partition coefficient (Wildman–Crippen LogP) is 3.52. The summed E-state index contributed by atoms with van der Waals surface area (Å²) < 4.78 is 39.0. The maximum absolute atomic E-state index is 13.0. The monoisotopic (exact) mass is 287 g/mol. The molecule has 2 rings (SSSR count). The van der Waals surface area contributed by atoms with Crippen LogP contribution in [0.4, 0.5) is 13.2 Å². The molecule has 2 nitrogen and oxygen atoms in total. The van der Waals surface area contributed by atoms with E-state index in [9.17, 15) is 18.3 Å². The molecule has 0 aliphatic heterocycles. The standard InChI is InChI=1S/C15H20F3NO/c1-10(19-14-8-4-5-11(14)9-20)12-6-2-3-7-13(12)15(16,17)18/h2-3,6-7,10-11,14,19-20H,4-5,8-9H2,1H3. The first-order chi connectivity index (χ1) is 9.43. The maximum Gasteiger partial charge on any atom is 0.416 e. The number of aliphatic hydroxyl groups is 1. The van der Waals surface area contributed by atoms with E-state index < -0.39 is 11.7 Å². The zero-order valence-electron chi connectivity index (χ0n) is 11.5. The lowest BCUT2D eigenvalue weighted by Gasteiger charge is -2.26. The second kappa shape index (κ2) is 6.14. The van der Waals surface area contributed by atoms with Crippen LogP contribution in [0.3, 0.4) is 0 Å². The summed E-state index contributed by atoms with van der Waals surface area (Å²) in [7, 11) is 0. The second-order valence-electron chi connectivity index (χ2n) is 5.45. The summed E-state index contributed by atoms with van der Waals surface area (Å²) in [6, 6.07) is 5.38. The molecular formula is C15H20F3NO. The van der Waals surface area contributed by atoms with Gasteiger partial charge in [0.1, 0.15) is 0 Å². The van der Waals surface area contributed by atoms with Crippen LogP contribution in [0.5, 0.6) is 0 Å². The van der Waals surface area contributed by atoms with Crippen molar-refractivity contribution in [1.82, 2.24) is 5.32 Å². The van der Waals surface area contributed by atoms with Gasteiger partial charge in [0.05, 0.1) is 5.56 Å². The Bertz CT molecular complexity index is 447. The number of aliphatic hydroxyl groups excluding tert-OH is 1. The van der Waals surface area contributed by atoms with Gasteiger partial charge in [-0.2, -0.15) is 13.2 Å². The molecular weight excluding hydrogens is 267 g/mol. The average molecular weight is 287 g/mol. The van der Waals surface area contributed by atoms with Crippen LogP contribution in [0.2, 0.25) is 0 Å². The van der Waals surface area contributed by atoms with E-state index in [1.807, 2.05) is 0 Å². The molecule has 1 aliphatic carbocycles. The molecule has 3 atom stereocenters. The summed E-state index contributed by atoms with van der Waals surface area (Å²) in [5, 5.41) is 12.5. The van der Waals surface area contributed by atoms with Crippen LogP contribution in [-0.2, 0) is 6.18 Å². The quantitative estimate of drug-likeness (QED) is 0.888. The second-order valence-corrected chi connectivity index (χ2v) is 5.45. The van der Waals surface area contributed by atoms with Crippen molar-refractivity contribution in [2.45, 2.75) is 44.4 Å². The molecule has 1 aliphatic rings. The van der Waals surface area contributed by atoms with Crippen LogP contribution in [0.15, 0.2) is 24.3 Å². The number of benzene rings is 1. The van der Waals surface area contributed by atoms with Crippen LogP contribution in [0.1, 0.15) is 43.4 Å². The molecule has 3 unspecified atom stereocenters. The third-order valence-electron chi connectivity index (χ3n) is 4.09. The fourth-order valence-electron chi connectivity index (χ4n) is 3.02. The molecule has 112 valence electrons. The lowest BCUT2D eigenvalue weighted by Crippen LogP contribution is -2.36. The summed E-state index contributed by atoms with van der Waals surface area (Å²) in [4.78, 5) is 0. The van der Waals surface area contributed by atoms with E-state index in [2.05, 4.69) is 5.32 Å². The number of nitrogens with one attached hydrogen (secondary N) is 1. The molecule has 1 aromatic rings. The molecule has 0 spiro atoms. The zero-order chi connectivity index (χ0) is 14.8. The molecule has 5 heteroatoms. The number of hydrogen-bond acceptors (Lipinski definition) is 2. The van der Waals surface area contributed by atoms with Crippen LogP contribution >= 0.6 is 0 Å². The molecule has 0 bridgehead atoms. The smallest absolute Gasteiger partial charge is 0.396 e. The highest BCUT2D eigenvalue weighted by Crippen LogP contribution is 2.35. The Balaban J connectivity index is 2.15. The minimum absolute atomic E-state index is 0.0886. The fourth-order valence-corrected chi connectivity index (χ4v) is 3.02. The number of alkyl halides is 3. The number of rotatable bonds is 4. The number of hydrogen-bond donors (Lipinski definition) is 2. The zero-order valence-corrected chi connectivity index (χ0v) is 11.5. The van der Waals surface area contributed by atoms with Gasteiger partial charge >= 0.3 is 6.18 Å². The van der Waals surface area contributed by atoms with E-state index in [0.717, 1.165) is 25.3 Å². The SMILES string of the molecule is CC(NC1CCCC1CO)c1ccccc1C(F)(F)F. The largest absolute Gasteiger partial charge is 0.416 e. The van der Waals surface area contributed by atoms with Crippen molar-refractivity contribution < 1.29 is 18.3 Å². The first kappa shape index (κ1) is 15.3. The topological polar surface area (TPSA) is 32.3 Å². The van der Waals surface area contributed by atoms with Gasteiger partial charge in [-0.05, 0) is 37.3 Å². The molecule has 0 saturated heterocycles. The Hall–Kier alpha value is -1.07. The van der Waals surface area contributed by atoms with Crippen LogP contribution in [0, 0.1) is 5.92 Å². The summed E-state index contributed by atoms with van der Waals surface area (Å²) >= 11 is 0. The third-order valence-corrected chi connectivity index (χ3v) is 4.09. The highest BCUT2D eigenvalue weighted by Gasteiger charge is 2.35. The summed E-state index contributed by atoms with van der Waals surface area (Å²) in [5.74, 6) is 0.149. The first-order valence-corrected chi connectivity index (χ1v) is 6.96. The number of halogens is 3. The molecule has 1 aromatic carbocycles. The van der Waals surface area contributed by atoms with Gasteiger partial charge in [0.15, 0.2) is 0 Å². The summed E-state index contributed by atoms with van der Waals surface area (Å²) in [6.45, 7) is 1.84. The van der Waals surface area contributed by atoms with Gasteiger partial charge in [0.2, 0.25) is 0 Å². The Labute approximate surface area is 117 Å². The minimum Gasteiger partial charge on any atom is -0.396 e. The Morgan fingerprint density at radius 3 is 2.65 bits per heavy atom. The normalized spacial score (nSPS) is 24.9. The highest BCUT2D eigenvalue weighted by molar-refractivity contribution is 5.32. The van der Waals surface area contributed by atoms with E-state index in [4.69, 9.17) is 0 Å². The van der Waals surface area contributed by atoms with Gasteiger partial charge in [0, 0.05) is 18.7 Å². The lowest BCUT2D eigenvalue weighted by molar-refractivity contribution is -0.138. The molecule has 20 heavy (non-hydrogen) atoms. The average Bonchev–Trinajstić information content (AvgIpc) is 2.85. The van der Waals surface area contributed by atoms with Crippen LogP contribution in [0.25, 0.3) is 0 Å². The molecule has 1 fully saturated rings. The first-order valence-electron chi connectivity index (χ1n) is 6.96. The Morgan fingerprint density at radius 1 is 1.30 bits per heavy atom. The Kier molecular flexibility index (Phi) is 4.70. The van der Waals surface area contributed by atoms with Gasteiger partial charge in [-0.3, -0.25) is 0 Å². The van der Waals surface area contributed by atoms with Crippen molar-refractivity contribution in [2.24, 2.45) is 5.92 Å². The van der Waals surface area contributed by atoms with E-state index in [1.165, 1.54) is 12.1 Å². The molecule has 1 saturated carbocycles. The van der Waals surface area contributed by atoms with Crippen LogP contribution < -0.4 is 5.32 Å². The van der Waals surface area contributed by atoms with E-state index >= 15 is 0 Å². The highest BCUT2D eigenvalue weighted by atomic mass is 19.4. The van der Waals surface area contributed by atoms with E-state index in [0.29, 0.717) is 0 Å². The van der Waals surface area contributed by atoms with Crippen molar-refractivity contribution in [2.75, 3.05) is 6.61 Å². The Morgan fingerprint density at radius 2 is 2.00 bits per heavy atom. The van der Waals surface area contributed by atoms with Gasteiger partial charge in [0.25, 0.3) is 0 Å². The molecule has 2 N–H and O–H groups in total. The third kappa shape index (κ3) is 3.33. The van der Waals surface area contributed by atoms with Crippen molar-refractivity contribution in [3.8, 4) is 0 Å². The van der Waals surface area contributed by atoms with Gasteiger partial charge in [-0.25, -0.2) is 0 Å². The maximum atomic E-state index is 13.0. The molecule has 0 amide bonds. The summed E-state index contributed by atoms with van der Waals surface area (Å²) in [6.07, 6.45) is -1.49. The minimum atomic E-state index is -4.33. The summed E-state index contributed by atoms with van der Waals surface area (Å²) in [5.41, 5.74) is -0.317. The lowest BCUT2D eigenvalue weighted by atomic mass is 9.98. The van der Waals surface area contributed by atoms with Crippen LogP contribution in [-0.4, -0.2) is 17.8 Å². The van der Waals surface area contributed by atoms with Crippen molar-refractivity contribution in [1.29, 1.82) is 0 Å². The van der Waals surface area contributed by atoms with Crippen molar-refractivity contribution in [3.05, 3.63) is 35.4 Å². The molecule has 0 aromatic heterocycles. The van der Waals surface area contributed by atoms with Crippen molar-refractivity contribution >= 4 is 0 Å². The van der Waals surface area contributed by atoms with E-state index in [1.54, 1.807) is 13.0 Å². The van der Waals surface area contributed by atoms with Crippen molar-refractivity contribution in [3.63, 3.8) is 0 Å². The van der Waals surface area contributed by atoms with Gasteiger partial charge in [-0.15, -0.1) is 0 Å².